The summed E-state index contributed by atoms with van der Waals surface area (Å²) in [7, 11) is 0. The first-order chi connectivity index (χ1) is 10.2. The summed E-state index contributed by atoms with van der Waals surface area (Å²) in [5.74, 6) is -0.365. The summed E-state index contributed by atoms with van der Waals surface area (Å²) in [5.41, 5.74) is 6.15. The molecule has 4 N–H and O–H groups in total. The van der Waals surface area contributed by atoms with Crippen LogP contribution in [0.15, 0.2) is 42.5 Å². The molecule has 1 heterocycles. The Bertz CT molecular complexity index is 569. The molecule has 0 saturated carbocycles. The zero-order valence-corrected chi connectivity index (χ0v) is 12.6. The number of amides is 1. The molecule has 2 aromatic rings. The lowest BCUT2D eigenvalue weighted by Gasteiger charge is -2.11. The Balaban J connectivity index is 1.64. The van der Waals surface area contributed by atoms with E-state index in [0.717, 1.165) is 29.8 Å². The Morgan fingerprint density at radius 3 is 2.67 bits per heavy atom. The predicted octanol–water partition coefficient (Wildman–Crippen LogP) is 2.10. The summed E-state index contributed by atoms with van der Waals surface area (Å²) < 4.78 is 0. The predicted molar refractivity (Wildman–Crippen MR) is 85.4 cm³/mol. The number of rotatable bonds is 8. The van der Waals surface area contributed by atoms with Gasteiger partial charge in [0.15, 0.2) is 0 Å². The number of primary amides is 1. The van der Waals surface area contributed by atoms with Crippen LogP contribution in [0, 0.1) is 0 Å². The van der Waals surface area contributed by atoms with Gasteiger partial charge in [-0.05, 0) is 37.1 Å². The maximum Gasteiger partial charge on any atom is 0.258 e. The van der Waals surface area contributed by atoms with Crippen LogP contribution in [0.4, 0.5) is 0 Å². The molecule has 5 heteroatoms. The van der Waals surface area contributed by atoms with Crippen molar-refractivity contribution in [2.45, 2.75) is 18.9 Å². The summed E-state index contributed by atoms with van der Waals surface area (Å²) in [6.07, 6.45) is 1.39. The van der Waals surface area contributed by atoms with Crippen LogP contribution >= 0.6 is 11.3 Å². The van der Waals surface area contributed by atoms with Gasteiger partial charge in [0.2, 0.25) is 0 Å². The van der Waals surface area contributed by atoms with Crippen LogP contribution in [0.3, 0.4) is 0 Å². The van der Waals surface area contributed by atoms with Gasteiger partial charge in [0.25, 0.3) is 5.91 Å². The number of hydrogen-bond acceptors (Lipinski definition) is 4. The van der Waals surface area contributed by atoms with Crippen molar-refractivity contribution < 1.29 is 9.90 Å². The number of benzene rings is 1. The van der Waals surface area contributed by atoms with Crippen LogP contribution in [-0.4, -0.2) is 24.1 Å². The van der Waals surface area contributed by atoms with E-state index in [9.17, 15) is 9.90 Å². The van der Waals surface area contributed by atoms with E-state index in [1.807, 2.05) is 36.4 Å². The first-order valence-corrected chi connectivity index (χ1v) is 7.80. The second-order valence-electron chi connectivity index (χ2n) is 4.86. The quantitative estimate of drug-likeness (QED) is 0.654. The van der Waals surface area contributed by atoms with E-state index in [0.29, 0.717) is 11.4 Å². The molecule has 0 aliphatic rings. The van der Waals surface area contributed by atoms with Gasteiger partial charge in [-0.1, -0.05) is 30.3 Å². The number of carbonyl (C=O) groups is 1. The molecule has 4 nitrogen and oxygen atoms in total. The highest BCUT2D eigenvalue weighted by Gasteiger charge is 2.06. The lowest BCUT2D eigenvalue weighted by atomic mass is 10.1. The first-order valence-electron chi connectivity index (χ1n) is 6.99. The maximum atomic E-state index is 11.0. The molecule has 0 saturated heterocycles. The molecule has 1 aromatic carbocycles. The fourth-order valence-electron chi connectivity index (χ4n) is 2.06. The van der Waals surface area contributed by atoms with Gasteiger partial charge in [0, 0.05) is 11.4 Å². The number of nitrogens with two attached hydrogens (primary N) is 1. The Hall–Kier alpha value is -1.69. The molecule has 0 aliphatic heterocycles. The van der Waals surface area contributed by atoms with Crippen molar-refractivity contribution in [3.8, 4) is 0 Å². The smallest absolute Gasteiger partial charge is 0.258 e. The number of nitrogens with one attached hydrogen (secondary N) is 1. The van der Waals surface area contributed by atoms with Gasteiger partial charge >= 0.3 is 0 Å². The van der Waals surface area contributed by atoms with E-state index in [2.05, 4.69) is 5.32 Å². The van der Waals surface area contributed by atoms with Crippen LogP contribution < -0.4 is 11.1 Å². The van der Waals surface area contributed by atoms with E-state index in [4.69, 9.17) is 5.73 Å². The van der Waals surface area contributed by atoms with Crippen molar-refractivity contribution in [2.24, 2.45) is 5.73 Å². The maximum absolute atomic E-state index is 11.0. The van der Waals surface area contributed by atoms with Crippen LogP contribution in [-0.2, 0) is 6.42 Å². The van der Waals surface area contributed by atoms with Crippen LogP contribution in [0.5, 0.6) is 0 Å². The second kappa shape index (κ2) is 7.93. The van der Waals surface area contributed by atoms with E-state index < -0.39 is 6.10 Å². The van der Waals surface area contributed by atoms with Crippen LogP contribution in [0.25, 0.3) is 0 Å². The largest absolute Gasteiger partial charge is 0.387 e. The monoisotopic (exact) mass is 304 g/mol. The molecule has 1 aromatic heterocycles. The minimum atomic E-state index is -0.477. The average Bonchev–Trinajstić information content (AvgIpc) is 2.97. The number of aliphatic hydroxyl groups excluding tert-OH is 1. The molecule has 2 rings (SSSR count). The number of aryl methyl sites for hydroxylation is 1. The Morgan fingerprint density at radius 2 is 2.00 bits per heavy atom. The molecule has 0 spiro atoms. The molecular formula is C16H20N2O2S. The SMILES string of the molecule is NC(=O)c1ccc(CCCNCC(O)c2ccccc2)s1. The highest BCUT2D eigenvalue weighted by Crippen LogP contribution is 2.17. The number of aliphatic hydroxyl groups is 1. The van der Waals surface area contributed by atoms with E-state index in [-0.39, 0.29) is 5.91 Å². The van der Waals surface area contributed by atoms with Gasteiger partial charge in [0.05, 0.1) is 11.0 Å². The molecule has 21 heavy (non-hydrogen) atoms. The topological polar surface area (TPSA) is 75.4 Å². The third-order valence-electron chi connectivity index (χ3n) is 3.20. The summed E-state index contributed by atoms with van der Waals surface area (Å²) >= 11 is 1.45. The number of thiophene rings is 1. The summed E-state index contributed by atoms with van der Waals surface area (Å²) in [6, 6.07) is 13.3. The molecule has 0 radical (unpaired) electrons. The zero-order chi connectivity index (χ0) is 15.1. The van der Waals surface area contributed by atoms with Crippen molar-refractivity contribution in [1.82, 2.24) is 5.32 Å². The van der Waals surface area contributed by atoms with Gasteiger partial charge in [0.1, 0.15) is 0 Å². The standard InChI is InChI=1S/C16H20N2O2S/c17-16(20)15-9-8-13(21-15)7-4-10-18-11-14(19)12-5-2-1-3-6-12/h1-3,5-6,8-9,14,18-19H,4,7,10-11H2,(H2,17,20). The third kappa shape index (κ3) is 4.97. The summed E-state index contributed by atoms with van der Waals surface area (Å²) in [5, 5.41) is 13.2. The molecule has 0 aliphatic carbocycles. The van der Waals surface area contributed by atoms with E-state index in [1.54, 1.807) is 6.07 Å². The highest BCUT2D eigenvalue weighted by molar-refractivity contribution is 7.14. The molecular weight excluding hydrogens is 284 g/mol. The van der Waals surface area contributed by atoms with Crippen molar-refractivity contribution >= 4 is 17.2 Å². The van der Waals surface area contributed by atoms with Gasteiger partial charge in [-0.25, -0.2) is 0 Å². The van der Waals surface area contributed by atoms with Crippen LogP contribution in [0.2, 0.25) is 0 Å². The van der Waals surface area contributed by atoms with Crippen LogP contribution in [0.1, 0.15) is 32.6 Å². The molecule has 1 atom stereocenters. The first kappa shape index (κ1) is 15.7. The Morgan fingerprint density at radius 1 is 1.24 bits per heavy atom. The minimum Gasteiger partial charge on any atom is -0.387 e. The molecule has 112 valence electrons. The second-order valence-corrected chi connectivity index (χ2v) is 6.03. The zero-order valence-electron chi connectivity index (χ0n) is 11.8. The lowest BCUT2D eigenvalue weighted by molar-refractivity contribution is 0.100. The van der Waals surface area contributed by atoms with E-state index >= 15 is 0 Å². The van der Waals surface area contributed by atoms with Gasteiger partial charge in [-0.15, -0.1) is 11.3 Å². The summed E-state index contributed by atoms with van der Waals surface area (Å²) in [4.78, 5) is 12.8. The Kier molecular flexibility index (Phi) is 5.92. The molecule has 0 fully saturated rings. The minimum absolute atomic E-state index is 0.365. The van der Waals surface area contributed by atoms with Crippen molar-refractivity contribution in [3.63, 3.8) is 0 Å². The van der Waals surface area contributed by atoms with Crippen molar-refractivity contribution in [1.29, 1.82) is 0 Å². The van der Waals surface area contributed by atoms with Gasteiger partial charge < -0.3 is 16.2 Å². The lowest BCUT2D eigenvalue weighted by Crippen LogP contribution is -2.22. The third-order valence-corrected chi connectivity index (χ3v) is 4.36. The van der Waals surface area contributed by atoms with Crippen molar-refractivity contribution in [3.05, 3.63) is 57.8 Å². The number of carbonyl (C=O) groups excluding carboxylic acids is 1. The fourth-order valence-corrected chi connectivity index (χ4v) is 2.97. The molecule has 0 bridgehead atoms. The van der Waals surface area contributed by atoms with Gasteiger partial charge in [-0.3, -0.25) is 4.79 Å². The summed E-state index contributed by atoms with van der Waals surface area (Å²) in [6.45, 7) is 1.37. The van der Waals surface area contributed by atoms with E-state index in [1.165, 1.54) is 11.3 Å². The molecule has 1 unspecified atom stereocenters. The highest BCUT2D eigenvalue weighted by atomic mass is 32.1. The molecule has 1 amide bonds. The fraction of sp³-hybridized carbons (Fsp3) is 0.312. The Labute approximate surface area is 128 Å². The normalized spacial score (nSPS) is 12.2. The average molecular weight is 304 g/mol. The van der Waals surface area contributed by atoms with Crippen molar-refractivity contribution in [2.75, 3.05) is 13.1 Å². The van der Waals surface area contributed by atoms with Gasteiger partial charge in [-0.2, -0.15) is 0 Å². The number of hydrogen-bond donors (Lipinski definition) is 3.